The zero-order chi connectivity index (χ0) is 20.7. The van der Waals surface area contributed by atoms with Gasteiger partial charge in [0.1, 0.15) is 5.70 Å². The third kappa shape index (κ3) is 6.32. The third-order valence-electron chi connectivity index (χ3n) is 4.08. The minimum Gasteiger partial charge on any atom is -0.395 e. The summed E-state index contributed by atoms with van der Waals surface area (Å²) in [5.74, 6) is -0.834. The molecule has 2 amide bonds. The Kier molecular flexibility index (Phi) is 7.54. The molecular formula is C22H25BrN2O3. The maximum absolute atomic E-state index is 12.6. The molecule has 0 spiro atoms. The molecule has 2 rings (SSSR count). The van der Waals surface area contributed by atoms with Gasteiger partial charge in [-0.1, -0.05) is 61.0 Å². The van der Waals surface area contributed by atoms with E-state index in [1.807, 2.05) is 36.4 Å². The molecule has 28 heavy (non-hydrogen) atoms. The summed E-state index contributed by atoms with van der Waals surface area (Å²) in [4.78, 5) is 25.1. The van der Waals surface area contributed by atoms with Crippen LogP contribution in [0.15, 0.2) is 58.7 Å². The summed E-state index contributed by atoms with van der Waals surface area (Å²) in [5, 5.41) is 14.2. The first-order chi connectivity index (χ1) is 13.2. The van der Waals surface area contributed by atoms with Crippen molar-refractivity contribution in [2.75, 3.05) is 13.2 Å². The lowest BCUT2D eigenvalue weighted by Gasteiger charge is -2.19. The topological polar surface area (TPSA) is 78.4 Å². The molecule has 0 heterocycles. The van der Waals surface area contributed by atoms with E-state index in [1.54, 1.807) is 18.2 Å². The highest BCUT2D eigenvalue weighted by Gasteiger charge is 2.17. The SMILES string of the molecule is CC(C)(C)c1ccc(C(=O)N/C(=C/c2ccc(Br)cc2)C(=O)NCCO)cc1. The molecule has 2 aromatic rings. The largest absolute Gasteiger partial charge is 0.395 e. The fourth-order valence-electron chi connectivity index (χ4n) is 2.46. The van der Waals surface area contributed by atoms with Crippen molar-refractivity contribution in [1.82, 2.24) is 10.6 Å². The monoisotopic (exact) mass is 444 g/mol. The van der Waals surface area contributed by atoms with Gasteiger partial charge in [-0.2, -0.15) is 0 Å². The van der Waals surface area contributed by atoms with Crippen LogP contribution in [-0.4, -0.2) is 30.1 Å². The number of amides is 2. The molecular weight excluding hydrogens is 420 g/mol. The van der Waals surface area contributed by atoms with Gasteiger partial charge in [0, 0.05) is 16.6 Å². The molecule has 6 heteroatoms. The average molecular weight is 445 g/mol. The average Bonchev–Trinajstić information content (AvgIpc) is 2.66. The number of carbonyl (C=O) groups is 2. The molecule has 2 aromatic carbocycles. The van der Waals surface area contributed by atoms with E-state index in [2.05, 4.69) is 47.3 Å². The van der Waals surface area contributed by atoms with Gasteiger partial charge < -0.3 is 15.7 Å². The first-order valence-electron chi connectivity index (χ1n) is 8.99. The first-order valence-corrected chi connectivity index (χ1v) is 9.78. The molecule has 5 nitrogen and oxygen atoms in total. The van der Waals surface area contributed by atoms with Crippen LogP contribution in [0.2, 0.25) is 0 Å². The molecule has 0 saturated carbocycles. The molecule has 0 aliphatic carbocycles. The summed E-state index contributed by atoms with van der Waals surface area (Å²) in [6.07, 6.45) is 1.60. The molecule has 0 aromatic heterocycles. The lowest BCUT2D eigenvalue weighted by atomic mass is 9.87. The van der Waals surface area contributed by atoms with Crippen LogP contribution < -0.4 is 10.6 Å². The number of rotatable bonds is 6. The number of hydrogen-bond acceptors (Lipinski definition) is 3. The van der Waals surface area contributed by atoms with Crippen molar-refractivity contribution in [3.05, 3.63) is 75.4 Å². The lowest BCUT2D eigenvalue weighted by molar-refractivity contribution is -0.117. The second-order valence-electron chi connectivity index (χ2n) is 7.37. The van der Waals surface area contributed by atoms with Crippen molar-refractivity contribution < 1.29 is 14.7 Å². The van der Waals surface area contributed by atoms with Crippen LogP contribution in [0.3, 0.4) is 0 Å². The maximum atomic E-state index is 12.6. The number of aliphatic hydroxyl groups excluding tert-OH is 1. The Bertz CT molecular complexity index is 851. The Hall–Kier alpha value is -2.44. The summed E-state index contributed by atoms with van der Waals surface area (Å²) in [5.41, 5.74) is 2.45. The first kappa shape index (κ1) is 21.9. The van der Waals surface area contributed by atoms with Gasteiger partial charge in [0.2, 0.25) is 0 Å². The molecule has 0 unspecified atom stereocenters. The van der Waals surface area contributed by atoms with Gasteiger partial charge in [-0.25, -0.2) is 0 Å². The van der Waals surface area contributed by atoms with E-state index in [0.29, 0.717) is 5.56 Å². The highest BCUT2D eigenvalue weighted by atomic mass is 79.9. The fourth-order valence-corrected chi connectivity index (χ4v) is 2.73. The summed E-state index contributed by atoms with van der Waals surface area (Å²) >= 11 is 3.37. The van der Waals surface area contributed by atoms with Crippen LogP contribution in [0.4, 0.5) is 0 Å². The molecule has 0 fully saturated rings. The number of nitrogens with one attached hydrogen (secondary N) is 2. The number of benzene rings is 2. The second-order valence-corrected chi connectivity index (χ2v) is 8.29. The normalized spacial score (nSPS) is 11.8. The molecule has 0 aliphatic rings. The molecule has 0 bridgehead atoms. The standard InChI is InChI=1S/C22H25BrN2O3/c1-22(2,3)17-8-6-16(7-9-17)20(27)25-19(21(28)24-12-13-26)14-15-4-10-18(23)11-5-15/h4-11,14,26H,12-13H2,1-3H3,(H,24,28)(H,25,27)/b19-14+. The predicted molar refractivity (Wildman–Crippen MR) is 115 cm³/mol. The van der Waals surface area contributed by atoms with Gasteiger partial charge in [-0.3, -0.25) is 9.59 Å². The van der Waals surface area contributed by atoms with Crippen LogP contribution in [0.25, 0.3) is 6.08 Å². The number of hydrogen-bond donors (Lipinski definition) is 3. The van der Waals surface area contributed by atoms with Gasteiger partial charge in [0.25, 0.3) is 11.8 Å². The van der Waals surface area contributed by atoms with Gasteiger partial charge >= 0.3 is 0 Å². The molecule has 148 valence electrons. The van der Waals surface area contributed by atoms with E-state index in [-0.39, 0.29) is 30.2 Å². The van der Waals surface area contributed by atoms with Crippen LogP contribution in [0.5, 0.6) is 0 Å². The zero-order valence-corrected chi connectivity index (χ0v) is 17.8. The minimum absolute atomic E-state index is 0.00810. The number of carbonyl (C=O) groups excluding carboxylic acids is 2. The van der Waals surface area contributed by atoms with Crippen molar-refractivity contribution in [2.45, 2.75) is 26.2 Å². The zero-order valence-electron chi connectivity index (χ0n) is 16.3. The van der Waals surface area contributed by atoms with E-state index in [9.17, 15) is 9.59 Å². The van der Waals surface area contributed by atoms with Crippen molar-refractivity contribution in [1.29, 1.82) is 0 Å². The van der Waals surface area contributed by atoms with E-state index >= 15 is 0 Å². The molecule has 3 N–H and O–H groups in total. The van der Waals surface area contributed by atoms with Crippen LogP contribution in [0.1, 0.15) is 42.3 Å². The van der Waals surface area contributed by atoms with E-state index < -0.39 is 5.91 Å². The van der Waals surface area contributed by atoms with Crippen molar-refractivity contribution >= 4 is 33.8 Å². The summed E-state index contributed by atoms with van der Waals surface area (Å²) in [7, 11) is 0. The lowest BCUT2D eigenvalue weighted by Crippen LogP contribution is -2.36. The van der Waals surface area contributed by atoms with E-state index in [0.717, 1.165) is 15.6 Å². The number of aliphatic hydroxyl groups is 1. The van der Waals surface area contributed by atoms with Gasteiger partial charge in [-0.15, -0.1) is 0 Å². The Labute approximate surface area is 174 Å². The Morgan fingerprint density at radius 3 is 2.18 bits per heavy atom. The van der Waals surface area contributed by atoms with Gasteiger partial charge in [-0.05, 0) is 46.9 Å². The minimum atomic E-state index is -0.461. The predicted octanol–water partition coefficient (Wildman–Crippen LogP) is 3.63. The quantitative estimate of drug-likeness (QED) is 0.595. The second kappa shape index (κ2) is 9.66. The summed E-state index contributed by atoms with van der Waals surface area (Å²) in [6.45, 7) is 6.23. The van der Waals surface area contributed by atoms with Crippen molar-refractivity contribution in [2.24, 2.45) is 0 Å². The van der Waals surface area contributed by atoms with E-state index in [4.69, 9.17) is 5.11 Å². The molecule has 0 aliphatic heterocycles. The van der Waals surface area contributed by atoms with Crippen LogP contribution in [0, 0.1) is 0 Å². The molecule has 0 atom stereocenters. The Morgan fingerprint density at radius 1 is 1.04 bits per heavy atom. The maximum Gasteiger partial charge on any atom is 0.267 e. The van der Waals surface area contributed by atoms with E-state index in [1.165, 1.54) is 0 Å². The molecule has 0 radical (unpaired) electrons. The summed E-state index contributed by atoms with van der Waals surface area (Å²) in [6, 6.07) is 14.7. The fraction of sp³-hybridized carbons (Fsp3) is 0.273. The Morgan fingerprint density at radius 2 is 1.64 bits per heavy atom. The van der Waals surface area contributed by atoms with Gasteiger partial charge in [0.15, 0.2) is 0 Å². The Balaban J connectivity index is 2.24. The van der Waals surface area contributed by atoms with Gasteiger partial charge in [0.05, 0.1) is 6.61 Å². The van der Waals surface area contributed by atoms with Crippen LogP contribution in [-0.2, 0) is 10.2 Å². The third-order valence-corrected chi connectivity index (χ3v) is 4.61. The van der Waals surface area contributed by atoms with Crippen LogP contribution >= 0.6 is 15.9 Å². The highest BCUT2D eigenvalue weighted by Crippen LogP contribution is 2.22. The smallest absolute Gasteiger partial charge is 0.267 e. The van der Waals surface area contributed by atoms with Crippen molar-refractivity contribution in [3.8, 4) is 0 Å². The van der Waals surface area contributed by atoms with Crippen molar-refractivity contribution in [3.63, 3.8) is 0 Å². The molecule has 0 saturated heterocycles. The highest BCUT2D eigenvalue weighted by molar-refractivity contribution is 9.10. The summed E-state index contributed by atoms with van der Waals surface area (Å²) < 4.78 is 0.916. The number of halogens is 1.